The van der Waals surface area contributed by atoms with Crippen LogP contribution < -0.4 is 0 Å². The molecule has 1 heterocycles. The summed E-state index contributed by atoms with van der Waals surface area (Å²) >= 11 is 9.70. The van der Waals surface area contributed by atoms with Crippen LogP contribution in [0.4, 0.5) is 0 Å². The molecule has 110 valence electrons. The number of likely N-dealkylation sites (tertiary alicyclic amines) is 1. The van der Waals surface area contributed by atoms with Gasteiger partial charge in [-0.15, -0.1) is 0 Å². The van der Waals surface area contributed by atoms with Gasteiger partial charge in [0, 0.05) is 15.5 Å². The summed E-state index contributed by atoms with van der Waals surface area (Å²) in [4.78, 5) is 13.6. The van der Waals surface area contributed by atoms with Crippen LogP contribution in [0.15, 0.2) is 22.7 Å². The number of nitrogens with zero attached hydrogens (tertiary/aromatic N) is 1. The van der Waals surface area contributed by atoms with Crippen molar-refractivity contribution < 1.29 is 9.90 Å². The van der Waals surface area contributed by atoms with E-state index in [1.807, 2.05) is 25.1 Å². The molecule has 2 rings (SSSR count). The van der Waals surface area contributed by atoms with Gasteiger partial charge in [0.25, 0.3) is 0 Å². The highest BCUT2D eigenvalue weighted by molar-refractivity contribution is 9.10. The van der Waals surface area contributed by atoms with E-state index in [-0.39, 0.29) is 6.04 Å². The summed E-state index contributed by atoms with van der Waals surface area (Å²) in [5.74, 6) is -0.730. The maximum absolute atomic E-state index is 11.5. The van der Waals surface area contributed by atoms with Gasteiger partial charge in [-0.2, -0.15) is 0 Å². The fourth-order valence-electron chi connectivity index (χ4n) is 2.88. The predicted octanol–water partition coefficient (Wildman–Crippen LogP) is 4.49. The number of carboxylic acid groups (broad SMARTS) is 1. The largest absolute Gasteiger partial charge is 0.480 e. The van der Waals surface area contributed by atoms with Crippen molar-refractivity contribution in [3.05, 3.63) is 33.3 Å². The average molecular weight is 361 g/mol. The molecule has 0 saturated carbocycles. The third-order valence-corrected chi connectivity index (χ3v) is 4.81. The minimum Gasteiger partial charge on any atom is -0.480 e. The molecule has 1 saturated heterocycles. The first kappa shape index (κ1) is 15.8. The van der Waals surface area contributed by atoms with Gasteiger partial charge in [-0.05, 0) is 44.0 Å². The summed E-state index contributed by atoms with van der Waals surface area (Å²) in [5.41, 5.74) is 0.989. The molecule has 0 aromatic heterocycles. The molecule has 1 aromatic rings. The summed E-state index contributed by atoms with van der Waals surface area (Å²) < 4.78 is 0.934. The molecule has 1 aliphatic rings. The minimum atomic E-state index is -0.730. The van der Waals surface area contributed by atoms with Crippen molar-refractivity contribution >= 4 is 33.5 Å². The highest BCUT2D eigenvalue weighted by Gasteiger charge is 2.31. The molecule has 5 heteroatoms. The molecule has 1 aliphatic heterocycles. The second-order valence-electron chi connectivity index (χ2n) is 5.28. The molecule has 1 fully saturated rings. The van der Waals surface area contributed by atoms with Gasteiger partial charge in [0.2, 0.25) is 0 Å². The third-order valence-electron chi connectivity index (χ3n) is 3.99. The van der Waals surface area contributed by atoms with Gasteiger partial charge in [0.05, 0.1) is 0 Å². The molecule has 1 N–H and O–H groups in total. The second-order valence-corrected chi connectivity index (χ2v) is 6.61. The van der Waals surface area contributed by atoms with Crippen LogP contribution in [-0.4, -0.2) is 28.6 Å². The van der Waals surface area contributed by atoms with E-state index in [4.69, 9.17) is 11.6 Å². The van der Waals surface area contributed by atoms with Gasteiger partial charge in [0.15, 0.2) is 0 Å². The number of carbonyl (C=O) groups is 1. The molecule has 0 bridgehead atoms. The van der Waals surface area contributed by atoms with Gasteiger partial charge in [0.1, 0.15) is 6.04 Å². The number of rotatable bonds is 3. The van der Waals surface area contributed by atoms with Crippen LogP contribution in [0.5, 0.6) is 0 Å². The second kappa shape index (κ2) is 6.92. The Morgan fingerprint density at radius 2 is 2.20 bits per heavy atom. The molecular formula is C15H19BrClNO2. The molecule has 3 nitrogen and oxygen atoms in total. The van der Waals surface area contributed by atoms with Crippen LogP contribution in [-0.2, 0) is 4.79 Å². The van der Waals surface area contributed by atoms with Crippen LogP contribution in [0.25, 0.3) is 0 Å². The fraction of sp³-hybridized carbons (Fsp3) is 0.533. The normalized spacial score (nSPS) is 22.2. The topological polar surface area (TPSA) is 40.5 Å². The summed E-state index contributed by atoms with van der Waals surface area (Å²) in [5, 5.41) is 10.1. The standard InChI is InChI=1S/C15H19BrClNO2/c1-10(12-7-6-11(16)9-13(12)17)18-8-4-2-3-5-14(18)15(19)20/h6-7,9-10,14H,2-5,8H2,1H3,(H,19,20). The fourth-order valence-corrected chi connectivity index (χ4v) is 3.71. The lowest BCUT2D eigenvalue weighted by Crippen LogP contribution is -2.42. The van der Waals surface area contributed by atoms with Crippen LogP contribution in [0, 0.1) is 0 Å². The monoisotopic (exact) mass is 359 g/mol. The van der Waals surface area contributed by atoms with Crippen molar-refractivity contribution in [3.63, 3.8) is 0 Å². The van der Waals surface area contributed by atoms with E-state index in [0.29, 0.717) is 11.4 Å². The van der Waals surface area contributed by atoms with E-state index in [9.17, 15) is 9.90 Å². The maximum Gasteiger partial charge on any atom is 0.320 e. The number of aliphatic carboxylic acids is 1. The Morgan fingerprint density at radius 1 is 1.45 bits per heavy atom. The molecule has 0 radical (unpaired) electrons. The van der Waals surface area contributed by atoms with E-state index < -0.39 is 12.0 Å². The third kappa shape index (κ3) is 3.54. The maximum atomic E-state index is 11.5. The quantitative estimate of drug-likeness (QED) is 0.863. The van der Waals surface area contributed by atoms with E-state index in [2.05, 4.69) is 20.8 Å². The lowest BCUT2D eigenvalue weighted by Gasteiger charge is -2.33. The zero-order valence-electron chi connectivity index (χ0n) is 11.5. The average Bonchev–Trinajstić information content (AvgIpc) is 2.63. The lowest BCUT2D eigenvalue weighted by molar-refractivity contribution is -0.144. The van der Waals surface area contributed by atoms with E-state index in [0.717, 1.165) is 35.8 Å². The Kier molecular flexibility index (Phi) is 5.47. The van der Waals surface area contributed by atoms with Crippen LogP contribution in [0.1, 0.15) is 44.2 Å². The Bertz CT molecular complexity index is 495. The number of hydrogen-bond acceptors (Lipinski definition) is 2. The Hall–Kier alpha value is -0.580. The van der Waals surface area contributed by atoms with Gasteiger partial charge in [-0.1, -0.05) is 46.4 Å². The van der Waals surface area contributed by atoms with Crippen molar-refractivity contribution in [1.29, 1.82) is 0 Å². The van der Waals surface area contributed by atoms with Crippen molar-refractivity contribution in [2.24, 2.45) is 0 Å². The smallest absolute Gasteiger partial charge is 0.320 e. The van der Waals surface area contributed by atoms with Gasteiger partial charge >= 0.3 is 5.97 Å². The number of benzene rings is 1. The van der Waals surface area contributed by atoms with E-state index in [1.54, 1.807) is 0 Å². The van der Waals surface area contributed by atoms with Crippen molar-refractivity contribution in [1.82, 2.24) is 4.90 Å². The van der Waals surface area contributed by atoms with Gasteiger partial charge in [-0.25, -0.2) is 0 Å². The zero-order chi connectivity index (χ0) is 14.7. The molecular weight excluding hydrogens is 342 g/mol. The molecule has 0 amide bonds. The zero-order valence-corrected chi connectivity index (χ0v) is 13.8. The van der Waals surface area contributed by atoms with E-state index >= 15 is 0 Å². The summed E-state index contributed by atoms with van der Waals surface area (Å²) in [6.45, 7) is 2.85. The molecule has 1 aromatic carbocycles. The minimum absolute atomic E-state index is 0.00907. The first-order valence-electron chi connectivity index (χ1n) is 6.94. The highest BCUT2D eigenvalue weighted by atomic mass is 79.9. The Balaban J connectivity index is 2.28. The van der Waals surface area contributed by atoms with Crippen LogP contribution >= 0.6 is 27.5 Å². The SMILES string of the molecule is CC(c1ccc(Br)cc1Cl)N1CCCCCC1C(=O)O. The Morgan fingerprint density at radius 3 is 2.85 bits per heavy atom. The van der Waals surface area contributed by atoms with Gasteiger partial charge in [-0.3, -0.25) is 9.69 Å². The number of carboxylic acids is 1. The Labute approximate surface area is 133 Å². The van der Waals surface area contributed by atoms with Crippen LogP contribution in [0.3, 0.4) is 0 Å². The summed E-state index contributed by atoms with van der Waals surface area (Å²) in [6, 6.07) is 5.38. The summed E-state index contributed by atoms with van der Waals surface area (Å²) in [6.07, 6.45) is 3.84. The van der Waals surface area contributed by atoms with E-state index in [1.165, 1.54) is 0 Å². The summed E-state index contributed by atoms with van der Waals surface area (Å²) in [7, 11) is 0. The van der Waals surface area contributed by atoms with Gasteiger partial charge < -0.3 is 5.11 Å². The highest BCUT2D eigenvalue weighted by Crippen LogP contribution is 2.33. The first-order valence-corrected chi connectivity index (χ1v) is 8.11. The first-order chi connectivity index (χ1) is 9.50. The molecule has 20 heavy (non-hydrogen) atoms. The molecule has 2 atom stereocenters. The number of hydrogen-bond donors (Lipinski definition) is 1. The van der Waals surface area contributed by atoms with Crippen LogP contribution in [0.2, 0.25) is 5.02 Å². The van der Waals surface area contributed by atoms with Crippen molar-refractivity contribution in [2.45, 2.75) is 44.7 Å². The molecule has 0 spiro atoms. The molecule has 0 aliphatic carbocycles. The predicted molar refractivity (Wildman–Crippen MR) is 84.2 cm³/mol. The lowest BCUT2D eigenvalue weighted by atomic mass is 10.0. The number of halogens is 2. The van der Waals surface area contributed by atoms with Crippen molar-refractivity contribution in [2.75, 3.05) is 6.54 Å². The molecule has 2 unspecified atom stereocenters. The van der Waals surface area contributed by atoms with Crippen molar-refractivity contribution in [3.8, 4) is 0 Å².